The average molecular weight is 260 g/mol. The summed E-state index contributed by atoms with van der Waals surface area (Å²) in [5.74, 6) is -2.32. The van der Waals surface area contributed by atoms with Crippen molar-refractivity contribution in [2.75, 3.05) is 0 Å². The number of phosphoric acid groups is 1. The topological polar surface area (TPSA) is 87.0 Å². The summed E-state index contributed by atoms with van der Waals surface area (Å²) in [5.41, 5.74) is 0.747. The summed E-state index contributed by atoms with van der Waals surface area (Å²) in [4.78, 5) is 17.6. The predicted molar refractivity (Wildman–Crippen MR) is 63.1 cm³/mol. The van der Waals surface area contributed by atoms with Crippen LogP contribution >= 0.6 is 7.82 Å². The Labute approximate surface area is 100 Å². The molecule has 5 nitrogen and oxygen atoms in total. The smallest absolute Gasteiger partial charge is 0.365 e. The largest absolute Gasteiger partial charge is 0.472 e. The molecule has 0 aliphatic heterocycles. The van der Waals surface area contributed by atoms with Gasteiger partial charge in [0.25, 0.3) is 0 Å². The number of benzene rings is 1. The van der Waals surface area contributed by atoms with E-state index in [0.717, 1.165) is 5.56 Å². The number of hydrogen-bond donors (Lipinski definition) is 3. The molecule has 1 aromatic rings. The molecule has 0 aromatic heterocycles. The predicted octanol–water partition coefficient (Wildman–Crippen LogP) is 1.68. The van der Waals surface area contributed by atoms with E-state index in [1.54, 1.807) is 38.1 Å². The zero-order valence-electron chi connectivity index (χ0n) is 9.78. The molecule has 0 heterocycles. The van der Waals surface area contributed by atoms with Crippen LogP contribution in [0.2, 0.25) is 0 Å². The van der Waals surface area contributed by atoms with Crippen molar-refractivity contribution >= 4 is 7.82 Å². The van der Waals surface area contributed by atoms with Crippen molar-refractivity contribution in [1.29, 1.82) is 0 Å². The van der Waals surface area contributed by atoms with Crippen LogP contribution in [-0.4, -0.2) is 20.7 Å². The molecule has 17 heavy (non-hydrogen) atoms. The van der Waals surface area contributed by atoms with Crippen LogP contribution in [0.1, 0.15) is 19.4 Å². The minimum Gasteiger partial charge on any atom is -0.365 e. The van der Waals surface area contributed by atoms with E-state index >= 15 is 0 Å². The monoisotopic (exact) mass is 260 g/mol. The van der Waals surface area contributed by atoms with Crippen molar-refractivity contribution in [1.82, 2.24) is 0 Å². The molecule has 0 fully saturated rings. The third kappa shape index (κ3) is 4.58. The van der Waals surface area contributed by atoms with E-state index in [9.17, 15) is 9.67 Å². The van der Waals surface area contributed by atoms with Gasteiger partial charge in [-0.15, -0.1) is 0 Å². The van der Waals surface area contributed by atoms with E-state index in [1.807, 2.05) is 6.07 Å². The minimum absolute atomic E-state index is 0.0244. The molecular formula is C11H17O5P. The molecule has 0 aliphatic rings. The molecule has 0 aliphatic carbocycles. The fourth-order valence-electron chi connectivity index (χ4n) is 1.44. The van der Waals surface area contributed by atoms with Crippen LogP contribution in [0.4, 0.5) is 0 Å². The molecule has 0 bridgehead atoms. The summed E-state index contributed by atoms with van der Waals surface area (Å²) in [6.07, 6.45) is 0.0244. The van der Waals surface area contributed by atoms with Crippen LogP contribution in [0.25, 0.3) is 0 Å². The normalized spacial score (nSPS) is 15.9. The van der Waals surface area contributed by atoms with Crippen LogP contribution in [0, 0.1) is 5.92 Å². The van der Waals surface area contributed by atoms with Gasteiger partial charge in [0.15, 0.2) is 5.79 Å². The van der Waals surface area contributed by atoms with Gasteiger partial charge in [-0.3, -0.25) is 4.52 Å². The van der Waals surface area contributed by atoms with Gasteiger partial charge < -0.3 is 14.9 Å². The number of aliphatic hydroxyl groups is 1. The Balaban J connectivity index is 2.90. The Morgan fingerprint density at radius 3 is 2.24 bits per heavy atom. The highest BCUT2D eigenvalue weighted by molar-refractivity contribution is 7.46. The summed E-state index contributed by atoms with van der Waals surface area (Å²) in [6.45, 7) is 3.28. The highest BCUT2D eigenvalue weighted by Crippen LogP contribution is 2.44. The molecule has 0 spiro atoms. The molecule has 0 saturated carbocycles. The molecule has 0 amide bonds. The first-order valence-electron chi connectivity index (χ1n) is 5.25. The van der Waals surface area contributed by atoms with Crippen molar-refractivity contribution in [3.05, 3.63) is 35.9 Å². The fraction of sp³-hybridized carbons (Fsp3) is 0.455. The Bertz CT molecular complexity index is 400. The van der Waals surface area contributed by atoms with Gasteiger partial charge in [0.05, 0.1) is 0 Å². The first-order chi connectivity index (χ1) is 7.73. The maximum absolute atomic E-state index is 10.9. The molecule has 1 unspecified atom stereocenters. The van der Waals surface area contributed by atoms with Crippen LogP contribution in [0.3, 0.4) is 0 Å². The zero-order valence-corrected chi connectivity index (χ0v) is 10.7. The number of phosphoric ester groups is 1. The molecule has 0 radical (unpaired) electrons. The molecule has 6 heteroatoms. The Hall–Kier alpha value is -0.710. The number of hydrogen-bond acceptors (Lipinski definition) is 3. The third-order valence-corrected chi connectivity index (χ3v) is 3.03. The van der Waals surface area contributed by atoms with Gasteiger partial charge in [-0.25, -0.2) is 4.57 Å². The summed E-state index contributed by atoms with van der Waals surface area (Å²) < 4.78 is 15.4. The second-order valence-corrected chi connectivity index (χ2v) is 5.41. The molecule has 0 saturated heterocycles. The second kappa shape index (κ2) is 5.29. The van der Waals surface area contributed by atoms with E-state index in [4.69, 9.17) is 9.79 Å². The van der Waals surface area contributed by atoms with Gasteiger partial charge in [-0.05, 0) is 5.56 Å². The molecule has 3 N–H and O–H groups in total. The van der Waals surface area contributed by atoms with E-state index in [0.29, 0.717) is 0 Å². The summed E-state index contributed by atoms with van der Waals surface area (Å²) in [7, 11) is -4.73. The summed E-state index contributed by atoms with van der Waals surface area (Å²) >= 11 is 0. The SMILES string of the molecule is CC(C)C(O)(Cc1ccccc1)OP(=O)(O)O. The molecule has 1 rings (SSSR count). The summed E-state index contributed by atoms with van der Waals surface area (Å²) in [5, 5.41) is 10.2. The second-order valence-electron chi connectivity index (χ2n) is 4.24. The fourth-order valence-corrected chi connectivity index (χ4v) is 2.12. The molecular weight excluding hydrogens is 243 g/mol. The highest BCUT2D eigenvalue weighted by atomic mass is 31.2. The lowest BCUT2D eigenvalue weighted by atomic mass is 9.95. The van der Waals surface area contributed by atoms with Crippen molar-refractivity contribution in [3.8, 4) is 0 Å². The third-order valence-electron chi connectivity index (χ3n) is 2.48. The maximum atomic E-state index is 10.9. The van der Waals surface area contributed by atoms with E-state index in [2.05, 4.69) is 4.52 Å². The van der Waals surface area contributed by atoms with Crippen LogP contribution in [0.5, 0.6) is 0 Å². The van der Waals surface area contributed by atoms with E-state index < -0.39 is 19.5 Å². The quantitative estimate of drug-likeness (QED) is 0.554. The Morgan fingerprint density at radius 2 is 1.82 bits per heavy atom. The highest BCUT2D eigenvalue weighted by Gasteiger charge is 2.39. The van der Waals surface area contributed by atoms with Crippen molar-refractivity contribution in [2.45, 2.75) is 26.1 Å². The van der Waals surface area contributed by atoms with E-state index in [1.165, 1.54) is 0 Å². The van der Waals surface area contributed by atoms with Crippen molar-refractivity contribution in [3.63, 3.8) is 0 Å². The van der Waals surface area contributed by atoms with Gasteiger partial charge >= 0.3 is 7.82 Å². The standard InChI is InChI=1S/C11H17O5P/c1-9(2)11(12,16-17(13,14)15)8-10-6-4-3-5-7-10/h3-7,9,12H,8H2,1-2H3,(H2,13,14,15). The van der Waals surface area contributed by atoms with Crippen LogP contribution in [0.15, 0.2) is 30.3 Å². The van der Waals surface area contributed by atoms with Crippen LogP contribution in [-0.2, 0) is 15.5 Å². The lowest BCUT2D eigenvalue weighted by Gasteiger charge is -2.31. The van der Waals surface area contributed by atoms with Gasteiger partial charge in [0.1, 0.15) is 0 Å². The average Bonchev–Trinajstić information content (AvgIpc) is 2.15. The molecule has 1 atom stereocenters. The summed E-state index contributed by atoms with van der Waals surface area (Å²) in [6, 6.07) is 8.91. The maximum Gasteiger partial charge on any atom is 0.472 e. The van der Waals surface area contributed by atoms with Crippen LogP contribution < -0.4 is 0 Å². The first kappa shape index (κ1) is 14.4. The van der Waals surface area contributed by atoms with E-state index in [-0.39, 0.29) is 6.42 Å². The lowest BCUT2D eigenvalue weighted by Crippen LogP contribution is -2.39. The minimum atomic E-state index is -4.73. The van der Waals surface area contributed by atoms with Gasteiger partial charge in [-0.2, -0.15) is 0 Å². The first-order valence-corrected chi connectivity index (χ1v) is 6.78. The van der Waals surface area contributed by atoms with Gasteiger partial charge in [0, 0.05) is 12.3 Å². The van der Waals surface area contributed by atoms with Gasteiger partial charge in [-0.1, -0.05) is 44.2 Å². The van der Waals surface area contributed by atoms with Crippen molar-refractivity contribution in [2.24, 2.45) is 5.92 Å². The zero-order chi connectivity index (χ0) is 13.1. The lowest BCUT2D eigenvalue weighted by molar-refractivity contribution is -0.179. The molecule has 1 aromatic carbocycles. The number of rotatable bonds is 5. The Morgan fingerprint density at radius 1 is 1.29 bits per heavy atom. The Kier molecular flexibility index (Phi) is 4.47. The van der Waals surface area contributed by atoms with Crippen molar-refractivity contribution < 1.29 is 24.0 Å². The molecule has 96 valence electrons. The van der Waals surface area contributed by atoms with Gasteiger partial charge in [0.2, 0.25) is 0 Å².